The highest BCUT2D eigenvalue weighted by Gasteiger charge is 2.10. The zero-order valence-corrected chi connectivity index (χ0v) is 10.6. The van der Waals surface area contributed by atoms with Crippen molar-refractivity contribution in [1.29, 1.82) is 0 Å². The minimum absolute atomic E-state index is 0.0869. The van der Waals surface area contributed by atoms with Crippen LogP contribution in [0.15, 0.2) is 47.1 Å². The highest BCUT2D eigenvalue weighted by Crippen LogP contribution is 2.19. The fourth-order valence-electron chi connectivity index (χ4n) is 1.59. The van der Waals surface area contributed by atoms with Crippen molar-refractivity contribution in [1.82, 2.24) is 0 Å². The maximum absolute atomic E-state index is 11.0. The molecule has 19 heavy (non-hydrogen) atoms. The second kappa shape index (κ2) is 7.00. The van der Waals surface area contributed by atoms with Gasteiger partial charge in [0, 0.05) is 23.9 Å². The van der Waals surface area contributed by atoms with Crippen LogP contribution >= 0.6 is 0 Å². The van der Waals surface area contributed by atoms with E-state index in [1.165, 1.54) is 12.1 Å². The quantitative estimate of drug-likeness (QED) is 0.259. The Balaban J connectivity index is 3.07. The number of aldehydes is 1. The van der Waals surface area contributed by atoms with Gasteiger partial charge in [0.25, 0.3) is 5.69 Å². The number of nitro benzene ring substituents is 1. The van der Waals surface area contributed by atoms with Gasteiger partial charge in [0.1, 0.15) is 0 Å². The Hall–Kier alpha value is -2.56. The molecule has 0 aliphatic carbocycles. The summed E-state index contributed by atoms with van der Waals surface area (Å²) in [5.41, 5.74) is 1.93. The van der Waals surface area contributed by atoms with Crippen LogP contribution in [0, 0.1) is 10.1 Å². The number of benzene rings is 1. The summed E-state index contributed by atoms with van der Waals surface area (Å²) in [5.74, 6) is 0. The van der Waals surface area contributed by atoms with Gasteiger partial charge >= 0.3 is 0 Å². The van der Waals surface area contributed by atoms with Crippen molar-refractivity contribution < 1.29 is 9.72 Å². The van der Waals surface area contributed by atoms with E-state index in [9.17, 15) is 14.9 Å². The molecule has 0 radical (unpaired) electrons. The Morgan fingerprint density at radius 1 is 1.53 bits per heavy atom. The molecule has 0 N–H and O–H groups in total. The molecule has 0 amide bonds. The summed E-state index contributed by atoms with van der Waals surface area (Å²) in [6.45, 7) is 5.21. The summed E-state index contributed by atoms with van der Waals surface area (Å²) >= 11 is 0. The summed E-state index contributed by atoms with van der Waals surface area (Å²) in [7, 11) is 0. The minimum Gasteiger partial charge on any atom is -0.298 e. The Kier molecular flexibility index (Phi) is 5.35. The third-order valence-corrected chi connectivity index (χ3v) is 2.63. The first-order valence-electron chi connectivity index (χ1n) is 5.62. The smallest absolute Gasteiger partial charge is 0.270 e. The van der Waals surface area contributed by atoms with Crippen LogP contribution in [0.2, 0.25) is 0 Å². The van der Waals surface area contributed by atoms with Crippen molar-refractivity contribution in [3.8, 4) is 0 Å². The first kappa shape index (κ1) is 14.5. The van der Waals surface area contributed by atoms with Gasteiger partial charge in [-0.05, 0) is 37.3 Å². The van der Waals surface area contributed by atoms with E-state index in [4.69, 9.17) is 0 Å². The van der Waals surface area contributed by atoms with Crippen LogP contribution in [0.3, 0.4) is 0 Å². The summed E-state index contributed by atoms with van der Waals surface area (Å²) < 4.78 is 0. The monoisotopic (exact) mass is 258 g/mol. The Labute approximate surface area is 111 Å². The van der Waals surface area contributed by atoms with E-state index >= 15 is 0 Å². The molecule has 0 saturated heterocycles. The number of non-ortho nitro benzene ring substituents is 1. The molecule has 0 aromatic heterocycles. The van der Waals surface area contributed by atoms with Crippen LogP contribution < -0.4 is 0 Å². The van der Waals surface area contributed by atoms with Crippen molar-refractivity contribution in [3.05, 3.63) is 63.4 Å². The molecule has 5 nitrogen and oxygen atoms in total. The van der Waals surface area contributed by atoms with Gasteiger partial charge in [-0.3, -0.25) is 19.9 Å². The molecule has 5 heteroatoms. The molecule has 98 valence electrons. The zero-order valence-electron chi connectivity index (χ0n) is 10.6. The lowest BCUT2D eigenvalue weighted by Gasteiger charge is -2.05. The zero-order chi connectivity index (χ0) is 14.3. The van der Waals surface area contributed by atoms with Gasteiger partial charge in [-0.1, -0.05) is 12.1 Å². The Bertz CT molecular complexity index is 560. The van der Waals surface area contributed by atoms with Gasteiger partial charge in [-0.2, -0.15) is 0 Å². The number of nitro groups is 1. The standard InChI is InChI=1S/C14H14N2O3/c1-3-11(6-7-15-2)8-12-4-5-14(16(18)19)9-13(12)10-17/h3-7,9-10H,2,8H2,1H3/b7-6-,11-3+. The average molecular weight is 258 g/mol. The van der Waals surface area contributed by atoms with E-state index < -0.39 is 4.92 Å². The van der Waals surface area contributed by atoms with E-state index in [0.717, 1.165) is 11.1 Å². The summed E-state index contributed by atoms with van der Waals surface area (Å²) in [5, 5.41) is 10.6. The molecule has 0 aliphatic heterocycles. The molecule has 0 atom stereocenters. The number of carbonyl (C=O) groups excluding carboxylic acids is 1. The number of hydrogen-bond donors (Lipinski definition) is 0. The maximum Gasteiger partial charge on any atom is 0.270 e. The highest BCUT2D eigenvalue weighted by molar-refractivity contribution is 5.79. The van der Waals surface area contributed by atoms with Crippen molar-refractivity contribution in [3.63, 3.8) is 0 Å². The summed E-state index contributed by atoms with van der Waals surface area (Å²) in [4.78, 5) is 24.7. The van der Waals surface area contributed by atoms with Crippen LogP contribution in [0.25, 0.3) is 0 Å². The van der Waals surface area contributed by atoms with Crippen molar-refractivity contribution in [2.24, 2.45) is 4.99 Å². The average Bonchev–Trinajstić information content (AvgIpc) is 2.43. The topological polar surface area (TPSA) is 72.6 Å². The molecule has 0 aliphatic rings. The largest absolute Gasteiger partial charge is 0.298 e. The van der Waals surface area contributed by atoms with Crippen LogP contribution in [-0.4, -0.2) is 17.9 Å². The Morgan fingerprint density at radius 3 is 2.79 bits per heavy atom. The first-order valence-corrected chi connectivity index (χ1v) is 5.62. The molecule has 0 unspecified atom stereocenters. The van der Waals surface area contributed by atoms with Gasteiger partial charge < -0.3 is 0 Å². The molecule has 1 rings (SSSR count). The highest BCUT2D eigenvalue weighted by atomic mass is 16.6. The second-order valence-corrected chi connectivity index (χ2v) is 3.80. The fourth-order valence-corrected chi connectivity index (χ4v) is 1.59. The lowest BCUT2D eigenvalue weighted by atomic mass is 9.99. The molecule has 0 spiro atoms. The van der Waals surface area contributed by atoms with Gasteiger partial charge in [0.15, 0.2) is 6.29 Å². The first-order chi connectivity index (χ1) is 9.12. The third kappa shape index (κ3) is 3.99. The number of hydrogen-bond acceptors (Lipinski definition) is 4. The van der Waals surface area contributed by atoms with E-state index in [1.807, 2.05) is 13.0 Å². The van der Waals surface area contributed by atoms with E-state index in [0.29, 0.717) is 18.3 Å². The van der Waals surface area contributed by atoms with Crippen LogP contribution in [-0.2, 0) is 6.42 Å². The van der Waals surface area contributed by atoms with Crippen molar-refractivity contribution in [2.75, 3.05) is 0 Å². The summed E-state index contributed by atoms with van der Waals surface area (Å²) in [6, 6.07) is 4.27. The van der Waals surface area contributed by atoms with Gasteiger partial charge in [-0.15, -0.1) is 0 Å². The number of carbonyl (C=O) groups is 1. The third-order valence-electron chi connectivity index (χ3n) is 2.63. The van der Waals surface area contributed by atoms with Gasteiger partial charge in [0.05, 0.1) is 4.92 Å². The van der Waals surface area contributed by atoms with Crippen LogP contribution in [0.5, 0.6) is 0 Å². The molecule has 0 bridgehead atoms. The van der Waals surface area contributed by atoms with E-state index in [2.05, 4.69) is 11.7 Å². The van der Waals surface area contributed by atoms with Crippen LogP contribution in [0.1, 0.15) is 22.8 Å². The molecule has 0 heterocycles. The second-order valence-electron chi connectivity index (χ2n) is 3.80. The van der Waals surface area contributed by atoms with Crippen molar-refractivity contribution >= 4 is 18.7 Å². The molecular weight excluding hydrogens is 244 g/mol. The molecule has 1 aromatic rings. The Morgan fingerprint density at radius 2 is 2.26 bits per heavy atom. The SMILES string of the molecule is C=N/C=C\C(=C/C)Cc1ccc([N+](=O)[O-])cc1C=O. The molecular formula is C14H14N2O3. The maximum atomic E-state index is 11.0. The van der Waals surface area contributed by atoms with E-state index in [-0.39, 0.29) is 5.69 Å². The van der Waals surface area contributed by atoms with Gasteiger partial charge in [0.2, 0.25) is 0 Å². The lowest BCUT2D eigenvalue weighted by Crippen LogP contribution is -1.97. The molecule has 1 aromatic carbocycles. The number of rotatable bonds is 6. The lowest BCUT2D eigenvalue weighted by molar-refractivity contribution is -0.384. The predicted molar refractivity (Wildman–Crippen MR) is 74.6 cm³/mol. The number of aliphatic imine (C=N–C) groups is 1. The minimum atomic E-state index is -0.519. The predicted octanol–water partition coefficient (Wildman–Crippen LogP) is 3.11. The molecule has 0 saturated carbocycles. The van der Waals surface area contributed by atoms with Crippen LogP contribution in [0.4, 0.5) is 5.69 Å². The van der Waals surface area contributed by atoms with Crippen molar-refractivity contribution in [2.45, 2.75) is 13.3 Å². The van der Waals surface area contributed by atoms with E-state index in [1.54, 1.807) is 18.3 Å². The fraction of sp³-hybridized carbons (Fsp3) is 0.143. The number of nitrogens with zero attached hydrogens (tertiary/aromatic N) is 2. The van der Waals surface area contributed by atoms with Gasteiger partial charge in [-0.25, -0.2) is 0 Å². The normalized spacial score (nSPS) is 11.5. The summed E-state index contributed by atoms with van der Waals surface area (Å²) in [6.07, 6.45) is 6.36. The molecule has 0 fully saturated rings. The number of allylic oxidation sites excluding steroid dienone is 3.